The molecule has 0 spiro atoms. The average molecular weight is 222 g/mol. The summed E-state index contributed by atoms with van der Waals surface area (Å²) in [7, 11) is 2.03. The van der Waals surface area contributed by atoms with Crippen molar-refractivity contribution in [1.82, 2.24) is 4.90 Å². The summed E-state index contributed by atoms with van der Waals surface area (Å²) < 4.78 is 13.8. The van der Waals surface area contributed by atoms with Gasteiger partial charge in [-0.1, -0.05) is 24.6 Å². The van der Waals surface area contributed by atoms with Crippen molar-refractivity contribution >= 4 is 0 Å². The summed E-state index contributed by atoms with van der Waals surface area (Å²) in [6.45, 7) is 0.993. The molecule has 1 heterocycles. The molecule has 1 fully saturated rings. The van der Waals surface area contributed by atoms with Gasteiger partial charge in [-0.05, 0) is 32.5 Å². The lowest BCUT2D eigenvalue weighted by atomic mass is 9.96. The first kappa shape index (κ1) is 11.6. The molecule has 0 radical (unpaired) electrons. The lowest BCUT2D eigenvalue weighted by molar-refractivity contribution is 0.225. The van der Waals surface area contributed by atoms with Crippen LogP contribution in [0.1, 0.15) is 30.9 Å². The maximum absolute atomic E-state index is 13.8. The molecule has 0 aromatic heterocycles. The normalized spacial score (nSPS) is 27.7. The summed E-state index contributed by atoms with van der Waals surface area (Å²) in [5, 5.41) is 0. The first-order valence-corrected chi connectivity index (χ1v) is 5.90. The second kappa shape index (κ2) is 4.93. The van der Waals surface area contributed by atoms with E-state index in [2.05, 4.69) is 4.90 Å². The van der Waals surface area contributed by atoms with E-state index in [4.69, 9.17) is 5.73 Å². The molecule has 16 heavy (non-hydrogen) atoms. The number of nitrogens with two attached hydrogens (primary N) is 1. The third kappa shape index (κ3) is 2.25. The number of halogens is 1. The maximum atomic E-state index is 13.8. The second-order valence-corrected chi connectivity index (χ2v) is 4.61. The van der Waals surface area contributed by atoms with Gasteiger partial charge in [-0.3, -0.25) is 4.90 Å². The Morgan fingerprint density at radius 1 is 1.31 bits per heavy atom. The second-order valence-electron chi connectivity index (χ2n) is 4.61. The highest BCUT2D eigenvalue weighted by Crippen LogP contribution is 2.29. The highest BCUT2D eigenvalue weighted by atomic mass is 19.1. The lowest BCUT2D eigenvalue weighted by Gasteiger charge is -2.30. The van der Waals surface area contributed by atoms with E-state index < -0.39 is 0 Å². The van der Waals surface area contributed by atoms with Gasteiger partial charge >= 0.3 is 0 Å². The fraction of sp³-hybridized carbons (Fsp3) is 0.538. The Balaban J connectivity index is 2.32. The van der Waals surface area contributed by atoms with Gasteiger partial charge in [-0.25, -0.2) is 4.39 Å². The van der Waals surface area contributed by atoms with Crippen LogP contribution in [0.5, 0.6) is 0 Å². The zero-order valence-electron chi connectivity index (χ0n) is 9.70. The van der Waals surface area contributed by atoms with Crippen LogP contribution >= 0.6 is 0 Å². The van der Waals surface area contributed by atoms with Crippen LogP contribution < -0.4 is 5.73 Å². The molecule has 2 nitrogen and oxygen atoms in total. The SMILES string of the molecule is CN1CCCCC(N)C1c1ccccc1F. The zero-order valence-corrected chi connectivity index (χ0v) is 9.70. The molecule has 2 rings (SSSR count). The highest BCUT2D eigenvalue weighted by Gasteiger charge is 2.28. The molecule has 1 aromatic rings. The van der Waals surface area contributed by atoms with Gasteiger partial charge < -0.3 is 5.73 Å². The van der Waals surface area contributed by atoms with E-state index >= 15 is 0 Å². The molecule has 1 aliphatic rings. The fourth-order valence-corrected chi connectivity index (χ4v) is 2.55. The molecule has 1 saturated heterocycles. The monoisotopic (exact) mass is 222 g/mol. The number of likely N-dealkylation sites (N-methyl/N-ethyl adjacent to an activating group) is 1. The molecule has 88 valence electrons. The highest BCUT2D eigenvalue weighted by molar-refractivity contribution is 5.23. The topological polar surface area (TPSA) is 29.3 Å². The van der Waals surface area contributed by atoms with Crippen molar-refractivity contribution in [2.45, 2.75) is 31.3 Å². The van der Waals surface area contributed by atoms with Gasteiger partial charge in [0.25, 0.3) is 0 Å². The van der Waals surface area contributed by atoms with Gasteiger partial charge in [0.05, 0.1) is 6.04 Å². The van der Waals surface area contributed by atoms with Crippen LogP contribution in [0.2, 0.25) is 0 Å². The molecule has 3 heteroatoms. The number of benzene rings is 1. The van der Waals surface area contributed by atoms with Crippen LogP contribution in [0, 0.1) is 5.82 Å². The Morgan fingerprint density at radius 2 is 2.06 bits per heavy atom. The molecule has 2 unspecified atom stereocenters. The molecule has 2 N–H and O–H groups in total. The Bertz CT molecular complexity index is 342. The quantitative estimate of drug-likeness (QED) is 0.790. The Labute approximate surface area is 96.2 Å². The lowest BCUT2D eigenvalue weighted by Crippen LogP contribution is -2.38. The molecular weight excluding hydrogens is 203 g/mol. The minimum Gasteiger partial charge on any atom is -0.326 e. The predicted molar refractivity (Wildman–Crippen MR) is 63.6 cm³/mol. The number of likely N-dealkylation sites (tertiary alicyclic amines) is 1. The summed E-state index contributed by atoms with van der Waals surface area (Å²) in [4.78, 5) is 2.18. The molecule has 1 aliphatic heterocycles. The van der Waals surface area contributed by atoms with Gasteiger partial charge in [0.1, 0.15) is 5.82 Å². The van der Waals surface area contributed by atoms with Crippen LogP contribution in [0.15, 0.2) is 24.3 Å². The van der Waals surface area contributed by atoms with E-state index in [1.807, 2.05) is 19.2 Å². The van der Waals surface area contributed by atoms with Crippen molar-refractivity contribution in [3.8, 4) is 0 Å². The van der Waals surface area contributed by atoms with Gasteiger partial charge in [-0.2, -0.15) is 0 Å². The van der Waals surface area contributed by atoms with Crippen LogP contribution in [0.3, 0.4) is 0 Å². The van der Waals surface area contributed by atoms with Gasteiger partial charge in [0, 0.05) is 11.6 Å². The summed E-state index contributed by atoms with van der Waals surface area (Å²) in [6.07, 6.45) is 3.26. The molecular formula is C13H19FN2. The number of rotatable bonds is 1. The van der Waals surface area contributed by atoms with Crippen LogP contribution in [0.4, 0.5) is 4.39 Å². The van der Waals surface area contributed by atoms with Gasteiger partial charge in [0.15, 0.2) is 0 Å². The van der Waals surface area contributed by atoms with Crippen molar-refractivity contribution in [2.24, 2.45) is 5.73 Å². The number of hydrogen-bond acceptors (Lipinski definition) is 2. The largest absolute Gasteiger partial charge is 0.326 e. The number of hydrogen-bond donors (Lipinski definition) is 1. The van der Waals surface area contributed by atoms with E-state index in [1.165, 1.54) is 6.07 Å². The van der Waals surface area contributed by atoms with E-state index in [0.717, 1.165) is 31.4 Å². The Morgan fingerprint density at radius 3 is 2.81 bits per heavy atom. The average Bonchev–Trinajstić information content (AvgIpc) is 2.42. The minimum atomic E-state index is -0.142. The summed E-state index contributed by atoms with van der Waals surface area (Å²) in [5.41, 5.74) is 6.90. The first-order valence-electron chi connectivity index (χ1n) is 5.90. The number of nitrogens with zero attached hydrogens (tertiary/aromatic N) is 1. The van der Waals surface area contributed by atoms with E-state index in [0.29, 0.717) is 0 Å². The fourth-order valence-electron chi connectivity index (χ4n) is 2.55. The van der Waals surface area contributed by atoms with E-state index in [1.54, 1.807) is 6.07 Å². The molecule has 1 aromatic carbocycles. The van der Waals surface area contributed by atoms with Crippen molar-refractivity contribution in [3.05, 3.63) is 35.6 Å². The summed E-state index contributed by atoms with van der Waals surface area (Å²) in [6, 6.07) is 7.01. The minimum absolute atomic E-state index is 0.0173. The molecule has 0 amide bonds. The van der Waals surface area contributed by atoms with Gasteiger partial charge in [0.2, 0.25) is 0 Å². The third-order valence-electron chi connectivity index (χ3n) is 3.40. The maximum Gasteiger partial charge on any atom is 0.128 e. The molecule has 0 bridgehead atoms. The zero-order chi connectivity index (χ0) is 11.5. The summed E-state index contributed by atoms with van der Waals surface area (Å²) >= 11 is 0. The van der Waals surface area contributed by atoms with Crippen molar-refractivity contribution in [2.75, 3.05) is 13.6 Å². The predicted octanol–water partition coefficient (Wildman–Crippen LogP) is 2.31. The first-order chi connectivity index (χ1) is 7.70. The Kier molecular flexibility index (Phi) is 3.56. The molecule has 0 saturated carbocycles. The van der Waals surface area contributed by atoms with Crippen LogP contribution in [-0.4, -0.2) is 24.5 Å². The Hall–Kier alpha value is -0.930. The molecule has 0 aliphatic carbocycles. The van der Waals surface area contributed by atoms with Crippen molar-refractivity contribution < 1.29 is 4.39 Å². The van der Waals surface area contributed by atoms with Crippen molar-refractivity contribution in [3.63, 3.8) is 0 Å². The molecule has 2 atom stereocenters. The van der Waals surface area contributed by atoms with Crippen LogP contribution in [-0.2, 0) is 0 Å². The summed E-state index contributed by atoms with van der Waals surface area (Å²) in [5.74, 6) is -0.142. The smallest absolute Gasteiger partial charge is 0.128 e. The van der Waals surface area contributed by atoms with Crippen LogP contribution in [0.25, 0.3) is 0 Å². The van der Waals surface area contributed by atoms with Crippen molar-refractivity contribution in [1.29, 1.82) is 0 Å². The van der Waals surface area contributed by atoms with Gasteiger partial charge in [-0.15, -0.1) is 0 Å². The third-order valence-corrected chi connectivity index (χ3v) is 3.40. The van der Waals surface area contributed by atoms with E-state index in [9.17, 15) is 4.39 Å². The van der Waals surface area contributed by atoms with E-state index in [-0.39, 0.29) is 17.9 Å². The standard InChI is InChI=1S/C13H19FN2/c1-16-9-5-4-8-12(15)13(16)10-6-2-3-7-11(10)14/h2-3,6-7,12-13H,4-5,8-9,15H2,1H3.